The Bertz CT molecular complexity index is 1030. The molecule has 3 heterocycles. The minimum absolute atomic E-state index is 0.0823. The molecule has 1 aliphatic heterocycles. The molecular formula is C23H25N5O. The average molecular weight is 387 g/mol. The van der Waals surface area contributed by atoms with Crippen molar-refractivity contribution in [2.24, 2.45) is 0 Å². The van der Waals surface area contributed by atoms with E-state index in [1.807, 2.05) is 37.4 Å². The summed E-state index contributed by atoms with van der Waals surface area (Å²) in [6, 6.07) is 12.0. The Labute approximate surface area is 171 Å². The maximum atomic E-state index is 12.8. The van der Waals surface area contributed by atoms with Crippen molar-refractivity contribution in [2.75, 3.05) is 16.8 Å². The summed E-state index contributed by atoms with van der Waals surface area (Å²) in [5.74, 6) is 1.52. The van der Waals surface area contributed by atoms with E-state index in [1.54, 1.807) is 24.3 Å². The molecule has 1 atom stereocenters. The molecule has 1 aliphatic rings. The third-order valence-electron chi connectivity index (χ3n) is 5.40. The minimum atomic E-state index is -0.221. The van der Waals surface area contributed by atoms with Crippen LogP contribution in [0.3, 0.4) is 0 Å². The van der Waals surface area contributed by atoms with Crippen LogP contribution in [0.15, 0.2) is 55.0 Å². The van der Waals surface area contributed by atoms with Gasteiger partial charge in [-0.15, -0.1) is 0 Å². The molecule has 4 rings (SSSR count). The first-order chi connectivity index (χ1) is 14.0. The van der Waals surface area contributed by atoms with Gasteiger partial charge >= 0.3 is 0 Å². The molecule has 29 heavy (non-hydrogen) atoms. The van der Waals surface area contributed by atoms with E-state index in [2.05, 4.69) is 40.8 Å². The quantitative estimate of drug-likeness (QED) is 0.672. The molecule has 3 aromatic rings. The van der Waals surface area contributed by atoms with E-state index in [0.29, 0.717) is 5.82 Å². The molecule has 0 N–H and O–H groups in total. The number of anilines is 2. The van der Waals surface area contributed by atoms with Crippen molar-refractivity contribution in [1.29, 1.82) is 0 Å². The summed E-state index contributed by atoms with van der Waals surface area (Å²) in [7, 11) is 1.80. The number of rotatable bonds is 4. The van der Waals surface area contributed by atoms with Crippen LogP contribution in [0, 0.1) is 0 Å². The molecule has 0 radical (unpaired) electrons. The molecule has 0 fully saturated rings. The Morgan fingerprint density at radius 3 is 2.52 bits per heavy atom. The normalized spacial score (nSPS) is 16.3. The number of nitrogens with zero attached hydrogens (tertiary/aromatic N) is 5. The van der Waals surface area contributed by atoms with Gasteiger partial charge in [0.2, 0.25) is 5.91 Å². The highest BCUT2D eigenvalue weighted by atomic mass is 16.2. The Balaban J connectivity index is 1.88. The Morgan fingerprint density at radius 2 is 1.83 bits per heavy atom. The van der Waals surface area contributed by atoms with Crippen LogP contribution in [-0.2, 0) is 4.79 Å². The van der Waals surface area contributed by atoms with Crippen LogP contribution in [0.2, 0.25) is 0 Å². The minimum Gasteiger partial charge on any atom is -0.340 e. The number of likely N-dealkylation sites (N-methyl/N-ethyl adjacent to an activating group) is 1. The van der Waals surface area contributed by atoms with E-state index in [4.69, 9.17) is 4.98 Å². The van der Waals surface area contributed by atoms with Crippen molar-refractivity contribution in [3.05, 3.63) is 55.0 Å². The number of fused-ring (bicyclic) bond motifs is 1. The maximum Gasteiger partial charge on any atom is 0.249 e. The van der Waals surface area contributed by atoms with E-state index in [9.17, 15) is 4.79 Å². The zero-order valence-corrected chi connectivity index (χ0v) is 17.2. The van der Waals surface area contributed by atoms with E-state index < -0.39 is 0 Å². The molecule has 0 bridgehead atoms. The summed E-state index contributed by atoms with van der Waals surface area (Å²) in [4.78, 5) is 30.5. The van der Waals surface area contributed by atoms with Gasteiger partial charge in [0.15, 0.2) is 11.6 Å². The fourth-order valence-corrected chi connectivity index (χ4v) is 3.94. The van der Waals surface area contributed by atoms with Crippen molar-refractivity contribution in [3.63, 3.8) is 0 Å². The first kappa shape index (κ1) is 19.1. The maximum absolute atomic E-state index is 12.8. The summed E-state index contributed by atoms with van der Waals surface area (Å²) in [5.41, 5.74) is 3.71. The number of pyridine rings is 1. The zero-order valence-electron chi connectivity index (χ0n) is 17.2. The number of carbonyl (C=O) groups excluding carboxylic acids is 1. The smallest absolute Gasteiger partial charge is 0.249 e. The molecule has 148 valence electrons. The predicted molar refractivity (Wildman–Crippen MR) is 116 cm³/mol. The second-order valence-electron chi connectivity index (χ2n) is 7.51. The summed E-state index contributed by atoms with van der Waals surface area (Å²) in [5, 5.41) is 0. The first-order valence-electron chi connectivity index (χ1n) is 9.95. The average Bonchev–Trinajstić information content (AvgIpc) is 2.76. The van der Waals surface area contributed by atoms with Crippen molar-refractivity contribution in [3.8, 4) is 22.5 Å². The second-order valence-corrected chi connectivity index (χ2v) is 7.51. The highest BCUT2D eigenvalue weighted by molar-refractivity contribution is 6.04. The van der Waals surface area contributed by atoms with Crippen LogP contribution >= 0.6 is 0 Å². The number of hydrogen-bond donors (Lipinski definition) is 0. The molecule has 0 saturated carbocycles. The Kier molecular flexibility index (Phi) is 5.01. The van der Waals surface area contributed by atoms with Gasteiger partial charge in [-0.3, -0.25) is 9.78 Å². The number of carbonyl (C=O) groups is 1. The van der Waals surface area contributed by atoms with Crippen LogP contribution in [0.5, 0.6) is 0 Å². The fourth-order valence-electron chi connectivity index (χ4n) is 3.94. The SMILES string of the molecule is CCC1C(=O)N(C)c2cnc(-c3ccncc3-c3ccccc3)nc2N1C(C)C. The van der Waals surface area contributed by atoms with Crippen molar-refractivity contribution < 1.29 is 4.79 Å². The molecule has 0 aliphatic carbocycles. The monoisotopic (exact) mass is 387 g/mol. The van der Waals surface area contributed by atoms with Gasteiger partial charge in [0, 0.05) is 36.6 Å². The van der Waals surface area contributed by atoms with Crippen molar-refractivity contribution in [1.82, 2.24) is 15.0 Å². The van der Waals surface area contributed by atoms with E-state index in [0.717, 1.165) is 34.6 Å². The molecule has 2 aromatic heterocycles. The van der Waals surface area contributed by atoms with Gasteiger partial charge in [-0.05, 0) is 31.9 Å². The van der Waals surface area contributed by atoms with E-state index >= 15 is 0 Å². The molecule has 1 aromatic carbocycles. The first-order valence-corrected chi connectivity index (χ1v) is 9.95. The van der Waals surface area contributed by atoms with Gasteiger partial charge in [0.25, 0.3) is 0 Å². The number of benzene rings is 1. The topological polar surface area (TPSA) is 62.2 Å². The summed E-state index contributed by atoms with van der Waals surface area (Å²) < 4.78 is 0. The Morgan fingerprint density at radius 1 is 1.07 bits per heavy atom. The van der Waals surface area contributed by atoms with E-state index in [1.165, 1.54) is 0 Å². The molecular weight excluding hydrogens is 362 g/mol. The lowest BCUT2D eigenvalue weighted by Crippen LogP contribution is -2.54. The van der Waals surface area contributed by atoms with Crippen LogP contribution in [-0.4, -0.2) is 40.0 Å². The van der Waals surface area contributed by atoms with Gasteiger partial charge in [-0.1, -0.05) is 37.3 Å². The fraction of sp³-hybridized carbons (Fsp3) is 0.304. The van der Waals surface area contributed by atoms with Crippen molar-refractivity contribution in [2.45, 2.75) is 39.3 Å². The lowest BCUT2D eigenvalue weighted by atomic mass is 10.0. The lowest BCUT2D eigenvalue weighted by Gasteiger charge is -2.42. The molecule has 6 heteroatoms. The van der Waals surface area contributed by atoms with Crippen LogP contribution in [0.25, 0.3) is 22.5 Å². The van der Waals surface area contributed by atoms with Crippen LogP contribution in [0.1, 0.15) is 27.2 Å². The predicted octanol–water partition coefficient (Wildman–Crippen LogP) is 4.18. The number of amides is 1. The third-order valence-corrected chi connectivity index (χ3v) is 5.40. The van der Waals surface area contributed by atoms with Gasteiger partial charge in [0.1, 0.15) is 11.7 Å². The van der Waals surface area contributed by atoms with Gasteiger partial charge in [0.05, 0.1) is 6.20 Å². The highest BCUT2D eigenvalue weighted by Crippen LogP contribution is 2.38. The standard InChI is InChI=1S/C23H25N5O/c1-5-19-23(29)27(4)20-14-25-21(26-22(20)28(19)15(2)3)17-11-12-24-13-18(17)16-9-7-6-8-10-16/h6-15,19H,5H2,1-4H3. The second kappa shape index (κ2) is 7.62. The number of hydrogen-bond acceptors (Lipinski definition) is 5. The molecule has 0 saturated heterocycles. The van der Waals surface area contributed by atoms with E-state index in [-0.39, 0.29) is 18.0 Å². The summed E-state index contributed by atoms with van der Waals surface area (Å²) in [6.07, 6.45) is 6.09. The van der Waals surface area contributed by atoms with Gasteiger partial charge in [-0.25, -0.2) is 9.97 Å². The molecule has 1 unspecified atom stereocenters. The number of aromatic nitrogens is 3. The molecule has 1 amide bonds. The molecule has 0 spiro atoms. The summed E-state index contributed by atoms with van der Waals surface area (Å²) in [6.45, 7) is 6.22. The lowest BCUT2D eigenvalue weighted by molar-refractivity contribution is -0.120. The third kappa shape index (κ3) is 3.24. The molecule has 6 nitrogen and oxygen atoms in total. The zero-order chi connectivity index (χ0) is 20.5. The van der Waals surface area contributed by atoms with Crippen molar-refractivity contribution >= 4 is 17.4 Å². The van der Waals surface area contributed by atoms with Gasteiger partial charge in [-0.2, -0.15) is 0 Å². The largest absolute Gasteiger partial charge is 0.340 e. The van der Waals surface area contributed by atoms with Crippen LogP contribution < -0.4 is 9.80 Å². The van der Waals surface area contributed by atoms with Crippen LogP contribution in [0.4, 0.5) is 11.5 Å². The van der Waals surface area contributed by atoms with Gasteiger partial charge < -0.3 is 9.80 Å². The summed E-state index contributed by atoms with van der Waals surface area (Å²) >= 11 is 0. The highest BCUT2D eigenvalue weighted by Gasteiger charge is 2.38. The Hall–Kier alpha value is -3.28.